The second kappa shape index (κ2) is 5.21. The van der Waals surface area contributed by atoms with Crippen molar-refractivity contribution in [1.29, 1.82) is 0 Å². The SMILES string of the molecule is CSC(C)(C)CNc1c(N)c(C)nn1C(C)C. The predicted octanol–water partition coefficient (Wildman–Crippen LogP) is 2.91. The molecular weight excluding hydrogens is 232 g/mol. The van der Waals surface area contributed by atoms with Gasteiger partial charge in [0, 0.05) is 17.3 Å². The predicted molar refractivity (Wildman–Crippen MR) is 77.8 cm³/mol. The average molecular weight is 256 g/mol. The summed E-state index contributed by atoms with van der Waals surface area (Å²) in [5.74, 6) is 0.944. The van der Waals surface area contributed by atoms with Gasteiger partial charge in [0.25, 0.3) is 0 Å². The minimum absolute atomic E-state index is 0.187. The highest BCUT2D eigenvalue weighted by Gasteiger charge is 2.19. The highest BCUT2D eigenvalue weighted by molar-refractivity contribution is 7.99. The molecule has 0 aromatic carbocycles. The van der Waals surface area contributed by atoms with E-state index in [0.717, 1.165) is 23.7 Å². The third-order valence-corrected chi connectivity index (χ3v) is 4.10. The molecule has 0 aliphatic heterocycles. The zero-order chi connectivity index (χ0) is 13.2. The zero-order valence-electron chi connectivity index (χ0n) is 11.7. The van der Waals surface area contributed by atoms with Gasteiger partial charge in [0.1, 0.15) is 5.82 Å². The van der Waals surface area contributed by atoms with Crippen molar-refractivity contribution in [3.8, 4) is 0 Å². The first kappa shape index (κ1) is 14.2. The van der Waals surface area contributed by atoms with Crippen molar-refractivity contribution >= 4 is 23.3 Å². The van der Waals surface area contributed by atoms with Crippen LogP contribution in [0.4, 0.5) is 11.5 Å². The van der Waals surface area contributed by atoms with Crippen LogP contribution < -0.4 is 11.1 Å². The van der Waals surface area contributed by atoms with Crippen LogP contribution in [0.5, 0.6) is 0 Å². The van der Waals surface area contributed by atoms with Gasteiger partial charge in [-0.1, -0.05) is 0 Å². The average Bonchev–Trinajstić information content (AvgIpc) is 2.53. The van der Waals surface area contributed by atoms with Crippen molar-refractivity contribution in [3.63, 3.8) is 0 Å². The fourth-order valence-electron chi connectivity index (χ4n) is 1.48. The number of nitrogen functional groups attached to an aromatic ring is 1. The maximum atomic E-state index is 6.06. The van der Waals surface area contributed by atoms with Gasteiger partial charge in [0.15, 0.2) is 0 Å². The lowest BCUT2D eigenvalue weighted by Crippen LogP contribution is -2.27. The Morgan fingerprint density at radius 2 is 2.06 bits per heavy atom. The fourth-order valence-corrected chi connectivity index (χ4v) is 1.70. The molecule has 1 rings (SSSR count). The number of hydrogen-bond acceptors (Lipinski definition) is 4. The summed E-state index contributed by atoms with van der Waals surface area (Å²) in [6.07, 6.45) is 2.12. The molecule has 0 bridgehead atoms. The Hall–Kier alpha value is -0.840. The van der Waals surface area contributed by atoms with Crippen molar-refractivity contribution < 1.29 is 0 Å². The molecule has 98 valence electrons. The monoisotopic (exact) mass is 256 g/mol. The Morgan fingerprint density at radius 3 is 2.53 bits per heavy atom. The van der Waals surface area contributed by atoms with Crippen LogP contribution in [0, 0.1) is 6.92 Å². The molecule has 0 radical (unpaired) electrons. The van der Waals surface area contributed by atoms with Crippen molar-refractivity contribution in [2.75, 3.05) is 23.9 Å². The first-order valence-corrected chi connectivity index (χ1v) is 7.14. The summed E-state index contributed by atoms with van der Waals surface area (Å²) in [6.45, 7) is 11.5. The van der Waals surface area contributed by atoms with E-state index in [1.165, 1.54) is 0 Å². The number of anilines is 2. The summed E-state index contributed by atoms with van der Waals surface area (Å²) in [6, 6.07) is 0.311. The first-order chi connectivity index (χ1) is 7.78. The molecule has 0 atom stereocenters. The molecule has 4 nitrogen and oxygen atoms in total. The van der Waals surface area contributed by atoms with E-state index in [-0.39, 0.29) is 4.75 Å². The molecule has 0 spiro atoms. The number of thioether (sulfide) groups is 1. The molecule has 0 unspecified atom stereocenters. The topological polar surface area (TPSA) is 55.9 Å². The van der Waals surface area contributed by atoms with Gasteiger partial charge in [0.2, 0.25) is 0 Å². The second-order valence-corrected chi connectivity index (χ2v) is 6.72. The minimum atomic E-state index is 0.187. The quantitative estimate of drug-likeness (QED) is 0.850. The van der Waals surface area contributed by atoms with E-state index < -0.39 is 0 Å². The molecule has 5 heteroatoms. The number of nitrogens with one attached hydrogen (secondary N) is 1. The normalized spacial score (nSPS) is 12.2. The summed E-state index contributed by atoms with van der Waals surface area (Å²) < 4.78 is 2.15. The van der Waals surface area contributed by atoms with E-state index in [0.29, 0.717) is 6.04 Å². The standard InChI is InChI=1S/C12H24N4S/c1-8(2)16-11(10(13)9(3)15-16)14-7-12(4,5)17-6/h8,14H,7,13H2,1-6H3. The summed E-state index contributed by atoms with van der Waals surface area (Å²) in [5, 5.41) is 7.89. The van der Waals surface area contributed by atoms with Crippen molar-refractivity contribution in [1.82, 2.24) is 9.78 Å². The number of nitrogens with two attached hydrogens (primary N) is 1. The van der Waals surface area contributed by atoms with Crippen molar-refractivity contribution in [2.24, 2.45) is 0 Å². The summed E-state index contributed by atoms with van der Waals surface area (Å²) in [7, 11) is 0. The van der Waals surface area contributed by atoms with Crippen molar-refractivity contribution in [3.05, 3.63) is 5.69 Å². The Bertz CT molecular complexity index is 382. The van der Waals surface area contributed by atoms with Crippen molar-refractivity contribution in [2.45, 2.75) is 45.4 Å². The van der Waals surface area contributed by atoms with E-state index in [4.69, 9.17) is 5.73 Å². The Labute approximate surface area is 108 Å². The number of hydrogen-bond donors (Lipinski definition) is 2. The molecule has 1 heterocycles. The maximum Gasteiger partial charge on any atom is 0.148 e. The molecule has 0 amide bonds. The lowest BCUT2D eigenvalue weighted by Gasteiger charge is -2.24. The molecule has 1 aromatic heterocycles. The molecule has 0 fully saturated rings. The summed E-state index contributed by atoms with van der Waals surface area (Å²) in [4.78, 5) is 0. The van der Waals surface area contributed by atoms with Crippen LogP contribution in [0.3, 0.4) is 0 Å². The Morgan fingerprint density at radius 1 is 1.47 bits per heavy atom. The van der Waals surface area contributed by atoms with Gasteiger partial charge in [-0.2, -0.15) is 16.9 Å². The van der Waals surface area contributed by atoms with Crippen LogP contribution in [-0.4, -0.2) is 27.3 Å². The van der Waals surface area contributed by atoms with Gasteiger partial charge < -0.3 is 11.1 Å². The van der Waals surface area contributed by atoms with Gasteiger partial charge >= 0.3 is 0 Å². The van der Waals surface area contributed by atoms with Gasteiger partial charge in [-0.15, -0.1) is 0 Å². The zero-order valence-corrected chi connectivity index (χ0v) is 12.5. The number of rotatable bonds is 5. The van der Waals surface area contributed by atoms with Gasteiger partial charge in [-0.05, 0) is 40.9 Å². The van der Waals surface area contributed by atoms with Crippen LogP contribution in [0.2, 0.25) is 0 Å². The summed E-state index contributed by atoms with van der Waals surface area (Å²) >= 11 is 1.84. The Kier molecular flexibility index (Phi) is 4.36. The van der Waals surface area contributed by atoms with Crippen LogP contribution >= 0.6 is 11.8 Å². The van der Waals surface area contributed by atoms with E-state index in [2.05, 4.69) is 44.4 Å². The van der Waals surface area contributed by atoms with Gasteiger partial charge in [-0.25, -0.2) is 4.68 Å². The fraction of sp³-hybridized carbons (Fsp3) is 0.750. The third kappa shape index (κ3) is 3.31. The van der Waals surface area contributed by atoms with E-state index in [1.54, 1.807) is 0 Å². The molecular formula is C12H24N4S. The second-order valence-electron chi connectivity index (χ2n) is 5.20. The van der Waals surface area contributed by atoms with E-state index >= 15 is 0 Å². The van der Waals surface area contributed by atoms with E-state index in [1.807, 2.05) is 23.4 Å². The molecule has 1 aromatic rings. The summed E-state index contributed by atoms with van der Waals surface area (Å²) in [5.41, 5.74) is 7.71. The third-order valence-electron chi connectivity index (χ3n) is 2.86. The van der Waals surface area contributed by atoms with Crippen LogP contribution in [-0.2, 0) is 0 Å². The van der Waals surface area contributed by atoms with E-state index in [9.17, 15) is 0 Å². The molecule has 3 N–H and O–H groups in total. The maximum absolute atomic E-state index is 6.06. The molecule has 0 aliphatic carbocycles. The largest absolute Gasteiger partial charge is 0.394 e. The molecule has 0 aliphatic rings. The minimum Gasteiger partial charge on any atom is -0.394 e. The molecule has 0 saturated heterocycles. The number of aromatic nitrogens is 2. The number of nitrogens with zero attached hydrogens (tertiary/aromatic N) is 2. The van der Waals surface area contributed by atoms with Crippen LogP contribution in [0.25, 0.3) is 0 Å². The van der Waals surface area contributed by atoms with Crippen LogP contribution in [0.15, 0.2) is 0 Å². The lowest BCUT2D eigenvalue weighted by molar-refractivity contribution is 0.533. The molecule has 0 saturated carbocycles. The van der Waals surface area contributed by atoms with Gasteiger partial charge in [-0.3, -0.25) is 0 Å². The highest BCUT2D eigenvalue weighted by atomic mass is 32.2. The lowest BCUT2D eigenvalue weighted by atomic mass is 10.2. The Balaban J connectivity index is 2.90. The van der Waals surface area contributed by atoms with Crippen LogP contribution in [0.1, 0.15) is 39.4 Å². The van der Waals surface area contributed by atoms with Gasteiger partial charge in [0.05, 0.1) is 11.4 Å². The smallest absolute Gasteiger partial charge is 0.148 e. The molecule has 17 heavy (non-hydrogen) atoms. The number of aryl methyl sites for hydroxylation is 1. The first-order valence-electron chi connectivity index (χ1n) is 5.92. The highest BCUT2D eigenvalue weighted by Crippen LogP contribution is 2.28.